The first-order valence-electron chi connectivity index (χ1n) is 6.52. The third-order valence-corrected chi connectivity index (χ3v) is 4.67. The maximum absolute atomic E-state index is 12.2. The molecule has 0 unspecified atom stereocenters. The minimum absolute atomic E-state index is 0.0221. The summed E-state index contributed by atoms with van der Waals surface area (Å²) in [6, 6.07) is 5.88. The summed E-state index contributed by atoms with van der Waals surface area (Å²) in [6.07, 6.45) is 0. The van der Waals surface area contributed by atoms with Crippen molar-refractivity contribution in [1.29, 1.82) is 0 Å². The molecule has 2 aromatic rings. The molecule has 0 bridgehead atoms. The van der Waals surface area contributed by atoms with Crippen molar-refractivity contribution in [2.45, 2.75) is 20.8 Å². The predicted octanol–water partition coefficient (Wildman–Crippen LogP) is 2.54. The number of nitrogens with two attached hydrogens (primary N) is 1. The Bertz CT molecular complexity index is 647. The fourth-order valence-corrected chi connectivity index (χ4v) is 3.01. The minimum atomic E-state index is -0.336. The molecular weight excluding hydrogens is 272 g/mol. The van der Waals surface area contributed by atoms with Crippen LogP contribution >= 0.6 is 11.3 Å². The van der Waals surface area contributed by atoms with Crippen LogP contribution in [-0.4, -0.2) is 24.2 Å². The zero-order valence-electron chi connectivity index (χ0n) is 12.0. The maximum Gasteiger partial charge on any atom is 0.263 e. The van der Waals surface area contributed by atoms with E-state index in [4.69, 9.17) is 5.73 Å². The van der Waals surface area contributed by atoms with Gasteiger partial charge in [-0.1, -0.05) is 32.0 Å². The Balaban J connectivity index is 2.27. The molecule has 1 aromatic carbocycles. The van der Waals surface area contributed by atoms with E-state index in [1.54, 1.807) is 0 Å². The zero-order chi connectivity index (χ0) is 14.9. The number of benzene rings is 1. The fraction of sp³-hybridized carbons (Fsp3) is 0.400. The zero-order valence-corrected chi connectivity index (χ0v) is 12.8. The average Bonchev–Trinajstić information content (AvgIpc) is 2.76. The predicted molar refractivity (Wildman–Crippen MR) is 84.2 cm³/mol. The van der Waals surface area contributed by atoms with Crippen LogP contribution in [-0.2, 0) is 0 Å². The number of nitrogen functional groups attached to an aromatic ring is 1. The van der Waals surface area contributed by atoms with E-state index in [9.17, 15) is 9.90 Å². The molecule has 0 aliphatic carbocycles. The van der Waals surface area contributed by atoms with E-state index in [-0.39, 0.29) is 17.9 Å². The van der Waals surface area contributed by atoms with Crippen LogP contribution in [0.1, 0.15) is 29.1 Å². The van der Waals surface area contributed by atoms with Crippen LogP contribution in [0.25, 0.3) is 10.1 Å². The first kappa shape index (κ1) is 14.8. The van der Waals surface area contributed by atoms with Crippen LogP contribution in [0.4, 0.5) is 5.69 Å². The van der Waals surface area contributed by atoms with Gasteiger partial charge in [-0.05, 0) is 12.5 Å². The largest absolute Gasteiger partial charge is 0.397 e. The Labute approximate surface area is 122 Å². The second-order valence-electron chi connectivity index (χ2n) is 5.80. The number of carbonyl (C=O) groups is 1. The van der Waals surface area contributed by atoms with Crippen molar-refractivity contribution in [1.82, 2.24) is 5.32 Å². The molecule has 0 aliphatic heterocycles. The number of hydrogen-bond acceptors (Lipinski definition) is 4. The average molecular weight is 292 g/mol. The second-order valence-corrected chi connectivity index (χ2v) is 6.82. The number of hydrogen-bond donors (Lipinski definition) is 3. The molecule has 0 saturated heterocycles. The molecule has 1 aromatic heterocycles. The monoisotopic (exact) mass is 292 g/mol. The third kappa shape index (κ3) is 2.78. The highest BCUT2D eigenvalue weighted by atomic mass is 32.1. The molecule has 108 valence electrons. The molecule has 4 N–H and O–H groups in total. The highest BCUT2D eigenvalue weighted by molar-refractivity contribution is 7.21. The lowest BCUT2D eigenvalue weighted by Crippen LogP contribution is -2.35. The van der Waals surface area contributed by atoms with Gasteiger partial charge in [-0.15, -0.1) is 11.3 Å². The molecule has 20 heavy (non-hydrogen) atoms. The molecule has 0 spiro atoms. The molecule has 4 nitrogen and oxygen atoms in total. The van der Waals surface area contributed by atoms with E-state index in [1.807, 2.05) is 39.0 Å². The number of fused-ring (bicyclic) bond motifs is 1. The third-order valence-electron chi connectivity index (χ3n) is 3.31. The minimum Gasteiger partial charge on any atom is -0.397 e. The van der Waals surface area contributed by atoms with Crippen LogP contribution in [0.2, 0.25) is 0 Å². The van der Waals surface area contributed by atoms with Gasteiger partial charge >= 0.3 is 0 Å². The Morgan fingerprint density at radius 3 is 2.75 bits per heavy atom. The van der Waals surface area contributed by atoms with Gasteiger partial charge in [0.2, 0.25) is 0 Å². The summed E-state index contributed by atoms with van der Waals surface area (Å²) < 4.78 is 1.05. The van der Waals surface area contributed by atoms with Crippen molar-refractivity contribution < 1.29 is 9.90 Å². The summed E-state index contributed by atoms with van der Waals surface area (Å²) in [5.74, 6) is -0.176. The van der Waals surface area contributed by atoms with Gasteiger partial charge in [-0.3, -0.25) is 4.79 Å². The van der Waals surface area contributed by atoms with E-state index in [0.29, 0.717) is 17.1 Å². The highest BCUT2D eigenvalue weighted by Gasteiger charge is 2.21. The van der Waals surface area contributed by atoms with Gasteiger partial charge in [-0.2, -0.15) is 0 Å². The summed E-state index contributed by atoms with van der Waals surface area (Å²) in [6.45, 7) is 6.23. The Morgan fingerprint density at radius 1 is 1.45 bits per heavy atom. The van der Waals surface area contributed by atoms with Crippen molar-refractivity contribution >= 4 is 33.0 Å². The van der Waals surface area contributed by atoms with Gasteiger partial charge in [0, 0.05) is 28.7 Å². The standard InChI is InChI=1S/C15H20N2O2S/c1-9-5-4-6-10-11(16)13(20-12(9)10)14(19)17-7-15(2,3)8-18/h4-6,18H,7-8,16H2,1-3H3,(H,17,19). The molecule has 0 fully saturated rings. The molecule has 0 atom stereocenters. The van der Waals surface area contributed by atoms with Crippen LogP contribution in [0.3, 0.4) is 0 Å². The number of aliphatic hydroxyl groups excluding tert-OH is 1. The quantitative estimate of drug-likeness (QED) is 0.810. The van der Waals surface area contributed by atoms with E-state index < -0.39 is 0 Å². The summed E-state index contributed by atoms with van der Waals surface area (Å²) in [4.78, 5) is 12.8. The van der Waals surface area contributed by atoms with Crippen molar-refractivity contribution in [2.75, 3.05) is 18.9 Å². The topological polar surface area (TPSA) is 75.4 Å². The number of aliphatic hydroxyl groups is 1. The second kappa shape index (κ2) is 5.42. The maximum atomic E-state index is 12.2. The number of rotatable bonds is 4. The van der Waals surface area contributed by atoms with E-state index >= 15 is 0 Å². The molecule has 0 aliphatic rings. The lowest BCUT2D eigenvalue weighted by atomic mass is 9.95. The normalized spacial score (nSPS) is 11.8. The summed E-state index contributed by atoms with van der Waals surface area (Å²) >= 11 is 1.42. The number of carbonyl (C=O) groups excluding carboxylic acids is 1. The van der Waals surface area contributed by atoms with Gasteiger partial charge in [-0.25, -0.2) is 0 Å². The number of aryl methyl sites for hydroxylation is 1. The molecule has 5 heteroatoms. The fourth-order valence-electron chi connectivity index (χ4n) is 1.90. The number of nitrogens with one attached hydrogen (secondary N) is 1. The van der Waals surface area contributed by atoms with Crippen molar-refractivity contribution in [3.63, 3.8) is 0 Å². The summed E-state index contributed by atoms with van der Waals surface area (Å²) in [5, 5.41) is 13.0. The summed E-state index contributed by atoms with van der Waals surface area (Å²) in [7, 11) is 0. The van der Waals surface area contributed by atoms with Crippen molar-refractivity contribution in [2.24, 2.45) is 5.41 Å². The molecule has 0 saturated carbocycles. The van der Waals surface area contributed by atoms with E-state index in [0.717, 1.165) is 15.6 Å². The van der Waals surface area contributed by atoms with Crippen LogP contribution in [0.5, 0.6) is 0 Å². The smallest absolute Gasteiger partial charge is 0.263 e. The molecule has 2 rings (SSSR count). The van der Waals surface area contributed by atoms with Gasteiger partial charge in [0.25, 0.3) is 5.91 Å². The van der Waals surface area contributed by atoms with Crippen molar-refractivity contribution in [3.05, 3.63) is 28.6 Å². The summed E-state index contributed by atoms with van der Waals surface area (Å²) in [5.41, 5.74) is 7.40. The van der Waals surface area contributed by atoms with Crippen LogP contribution in [0.15, 0.2) is 18.2 Å². The van der Waals surface area contributed by atoms with Gasteiger partial charge < -0.3 is 16.2 Å². The molecule has 0 radical (unpaired) electrons. The molecular formula is C15H20N2O2S. The van der Waals surface area contributed by atoms with Gasteiger partial charge in [0.05, 0.1) is 5.69 Å². The first-order chi connectivity index (χ1) is 9.35. The number of thiophene rings is 1. The molecule has 1 amide bonds. The lowest BCUT2D eigenvalue weighted by Gasteiger charge is -2.21. The first-order valence-corrected chi connectivity index (χ1v) is 7.34. The van der Waals surface area contributed by atoms with Crippen LogP contribution in [0, 0.1) is 12.3 Å². The Hall–Kier alpha value is -1.59. The SMILES string of the molecule is Cc1cccc2c(N)c(C(=O)NCC(C)(C)CO)sc12. The Kier molecular flexibility index (Phi) is 4.01. The number of amides is 1. The van der Waals surface area contributed by atoms with E-state index in [1.165, 1.54) is 11.3 Å². The lowest BCUT2D eigenvalue weighted by molar-refractivity contribution is 0.0916. The van der Waals surface area contributed by atoms with Crippen LogP contribution < -0.4 is 11.1 Å². The highest BCUT2D eigenvalue weighted by Crippen LogP contribution is 2.35. The van der Waals surface area contributed by atoms with Crippen molar-refractivity contribution in [3.8, 4) is 0 Å². The van der Waals surface area contributed by atoms with Gasteiger partial charge in [0.15, 0.2) is 0 Å². The van der Waals surface area contributed by atoms with Gasteiger partial charge in [0.1, 0.15) is 4.88 Å². The molecule has 1 heterocycles. The van der Waals surface area contributed by atoms with E-state index in [2.05, 4.69) is 5.32 Å². The number of anilines is 1. The Morgan fingerprint density at radius 2 is 2.15 bits per heavy atom.